The van der Waals surface area contributed by atoms with Crippen LogP contribution in [0.25, 0.3) is 11.1 Å². The van der Waals surface area contributed by atoms with Gasteiger partial charge in [-0.25, -0.2) is 4.79 Å². The molecule has 7 heteroatoms. The smallest absolute Gasteiger partial charge is 0.407 e. The van der Waals surface area contributed by atoms with Gasteiger partial charge in [-0.1, -0.05) is 55.5 Å². The molecule has 2 amide bonds. The molecule has 0 aliphatic heterocycles. The lowest BCUT2D eigenvalue weighted by Crippen LogP contribution is -2.51. The van der Waals surface area contributed by atoms with Crippen LogP contribution in [0.1, 0.15) is 44.2 Å². The van der Waals surface area contributed by atoms with Gasteiger partial charge >= 0.3 is 12.1 Å². The number of carbonyl (C=O) groups excluding carboxylic acids is 2. The van der Waals surface area contributed by atoms with E-state index in [1.54, 1.807) is 13.8 Å². The van der Waals surface area contributed by atoms with Crippen molar-refractivity contribution in [1.29, 1.82) is 0 Å². The summed E-state index contributed by atoms with van der Waals surface area (Å²) >= 11 is 0. The molecule has 0 heterocycles. The zero-order valence-corrected chi connectivity index (χ0v) is 17.9. The summed E-state index contributed by atoms with van der Waals surface area (Å²) in [6.07, 6.45) is -0.327. The Balaban J connectivity index is 1.61. The van der Waals surface area contributed by atoms with Gasteiger partial charge in [-0.15, -0.1) is 0 Å². The van der Waals surface area contributed by atoms with E-state index < -0.39 is 36.0 Å². The van der Waals surface area contributed by atoms with E-state index in [0.29, 0.717) is 6.42 Å². The maximum atomic E-state index is 12.5. The standard InChI is InChI=1S/C24H28N2O5/c1-4-21(22(27)25-15(3)14(2)23(28)29)26-24(30)31-13-20-18-11-7-5-9-16(18)17-10-6-8-12-19(17)20/h5-12,14-15,20-21H,4,13H2,1-3H3,(H,25,27)(H,26,30)(H,28,29)/t14?,15?,21-/m0/s1. The molecule has 0 aromatic heterocycles. The molecule has 2 unspecified atom stereocenters. The van der Waals surface area contributed by atoms with Crippen LogP contribution in [0.5, 0.6) is 0 Å². The lowest BCUT2D eigenvalue weighted by atomic mass is 9.98. The molecular weight excluding hydrogens is 396 g/mol. The van der Waals surface area contributed by atoms with Crippen molar-refractivity contribution in [1.82, 2.24) is 10.6 Å². The molecule has 0 fully saturated rings. The Labute approximate surface area is 181 Å². The molecular formula is C24H28N2O5. The number of nitrogens with one attached hydrogen (secondary N) is 2. The van der Waals surface area contributed by atoms with Crippen LogP contribution in [0.4, 0.5) is 4.79 Å². The van der Waals surface area contributed by atoms with Crippen LogP contribution in [-0.2, 0) is 14.3 Å². The van der Waals surface area contributed by atoms with Crippen LogP contribution >= 0.6 is 0 Å². The van der Waals surface area contributed by atoms with Gasteiger partial charge in [0.1, 0.15) is 12.6 Å². The second-order valence-corrected chi connectivity index (χ2v) is 7.85. The van der Waals surface area contributed by atoms with E-state index in [4.69, 9.17) is 9.84 Å². The van der Waals surface area contributed by atoms with Gasteiger partial charge in [0, 0.05) is 12.0 Å². The molecule has 1 aliphatic rings. The zero-order chi connectivity index (χ0) is 22.5. The van der Waals surface area contributed by atoms with Gasteiger partial charge in [0.05, 0.1) is 5.92 Å². The number of aliphatic carboxylic acids is 1. The maximum absolute atomic E-state index is 12.5. The number of hydrogen-bond donors (Lipinski definition) is 3. The third-order valence-corrected chi connectivity index (χ3v) is 5.87. The monoisotopic (exact) mass is 424 g/mol. The van der Waals surface area contributed by atoms with Crippen molar-refractivity contribution in [2.24, 2.45) is 5.92 Å². The van der Waals surface area contributed by atoms with Crippen LogP contribution in [0.15, 0.2) is 48.5 Å². The van der Waals surface area contributed by atoms with Gasteiger partial charge in [-0.2, -0.15) is 0 Å². The predicted molar refractivity (Wildman–Crippen MR) is 117 cm³/mol. The largest absolute Gasteiger partial charge is 0.481 e. The lowest BCUT2D eigenvalue weighted by Gasteiger charge is -2.22. The van der Waals surface area contributed by atoms with E-state index in [1.807, 2.05) is 36.4 Å². The molecule has 2 aromatic carbocycles. The molecule has 0 saturated carbocycles. The van der Waals surface area contributed by atoms with Gasteiger partial charge < -0.3 is 20.5 Å². The van der Waals surface area contributed by atoms with Crippen LogP contribution in [0.3, 0.4) is 0 Å². The minimum Gasteiger partial charge on any atom is -0.481 e. The lowest BCUT2D eigenvalue weighted by molar-refractivity contribution is -0.142. The number of carboxylic acids is 1. The first-order valence-corrected chi connectivity index (χ1v) is 10.5. The van der Waals surface area contributed by atoms with E-state index in [0.717, 1.165) is 22.3 Å². The molecule has 31 heavy (non-hydrogen) atoms. The predicted octanol–water partition coefficient (Wildman–Crippen LogP) is 3.53. The molecule has 3 atom stereocenters. The Bertz CT molecular complexity index is 928. The van der Waals surface area contributed by atoms with Gasteiger partial charge in [-0.3, -0.25) is 9.59 Å². The summed E-state index contributed by atoms with van der Waals surface area (Å²) in [4.78, 5) is 36.0. The second kappa shape index (κ2) is 9.64. The van der Waals surface area contributed by atoms with E-state index in [1.165, 1.54) is 6.92 Å². The Morgan fingerprint density at radius 2 is 1.52 bits per heavy atom. The number of benzene rings is 2. The van der Waals surface area contributed by atoms with Crippen LogP contribution in [0, 0.1) is 5.92 Å². The molecule has 0 saturated heterocycles. The van der Waals surface area contributed by atoms with E-state index >= 15 is 0 Å². The number of carboxylic acid groups (broad SMARTS) is 1. The van der Waals surface area contributed by atoms with Crippen LogP contribution in [0.2, 0.25) is 0 Å². The Hall–Kier alpha value is -3.35. The maximum Gasteiger partial charge on any atom is 0.407 e. The van der Waals surface area contributed by atoms with E-state index in [-0.39, 0.29) is 12.5 Å². The van der Waals surface area contributed by atoms with Crippen molar-refractivity contribution >= 4 is 18.0 Å². The average molecular weight is 424 g/mol. The molecule has 164 valence electrons. The van der Waals surface area contributed by atoms with Crippen LogP contribution in [-0.4, -0.2) is 41.8 Å². The molecule has 3 N–H and O–H groups in total. The zero-order valence-electron chi connectivity index (χ0n) is 17.9. The van der Waals surface area contributed by atoms with Crippen molar-refractivity contribution in [3.05, 3.63) is 59.7 Å². The highest BCUT2D eigenvalue weighted by Crippen LogP contribution is 2.44. The minimum atomic E-state index is -0.995. The molecule has 0 bridgehead atoms. The Morgan fingerprint density at radius 1 is 0.968 bits per heavy atom. The second-order valence-electron chi connectivity index (χ2n) is 7.85. The van der Waals surface area contributed by atoms with E-state index in [9.17, 15) is 14.4 Å². The number of amides is 2. The Morgan fingerprint density at radius 3 is 2.03 bits per heavy atom. The first kappa shape index (κ1) is 22.3. The fourth-order valence-electron chi connectivity index (χ4n) is 3.80. The highest BCUT2D eigenvalue weighted by Gasteiger charge is 2.30. The van der Waals surface area contributed by atoms with Crippen LogP contribution < -0.4 is 10.6 Å². The summed E-state index contributed by atoms with van der Waals surface area (Å²) in [5.74, 6) is -2.23. The molecule has 1 aliphatic carbocycles. The number of ether oxygens (including phenoxy) is 1. The van der Waals surface area contributed by atoms with Crippen molar-refractivity contribution < 1.29 is 24.2 Å². The van der Waals surface area contributed by atoms with Gasteiger partial charge in [0.25, 0.3) is 0 Å². The summed E-state index contributed by atoms with van der Waals surface area (Å²) in [6, 6.07) is 14.7. The molecule has 3 rings (SSSR count). The Kier molecular flexibility index (Phi) is 6.95. The quantitative estimate of drug-likeness (QED) is 0.601. The first-order chi connectivity index (χ1) is 14.8. The number of hydrogen-bond acceptors (Lipinski definition) is 4. The highest BCUT2D eigenvalue weighted by molar-refractivity contribution is 5.86. The number of fused-ring (bicyclic) bond motifs is 3. The molecule has 7 nitrogen and oxygen atoms in total. The normalized spacial score (nSPS) is 15.2. The summed E-state index contributed by atoms with van der Waals surface area (Å²) in [7, 11) is 0. The van der Waals surface area contributed by atoms with Gasteiger partial charge in [0.2, 0.25) is 5.91 Å². The van der Waals surface area contributed by atoms with Crippen molar-refractivity contribution in [3.8, 4) is 11.1 Å². The first-order valence-electron chi connectivity index (χ1n) is 10.5. The molecule has 2 aromatic rings. The van der Waals surface area contributed by atoms with Crippen molar-refractivity contribution in [2.75, 3.05) is 6.61 Å². The fraction of sp³-hybridized carbons (Fsp3) is 0.375. The topological polar surface area (TPSA) is 105 Å². The molecule has 0 radical (unpaired) electrons. The van der Waals surface area contributed by atoms with Gasteiger partial charge in [0.15, 0.2) is 0 Å². The third kappa shape index (κ3) is 4.87. The van der Waals surface area contributed by atoms with E-state index in [2.05, 4.69) is 22.8 Å². The van der Waals surface area contributed by atoms with Crippen molar-refractivity contribution in [2.45, 2.75) is 45.2 Å². The third-order valence-electron chi connectivity index (χ3n) is 5.87. The average Bonchev–Trinajstić information content (AvgIpc) is 3.09. The van der Waals surface area contributed by atoms with Crippen molar-refractivity contribution in [3.63, 3.8) is 0 Å². The summed E-state index contributed by atoms with van der Waals surface area (Å²) in [5.41, 5.74) is 4.49. The number of rotatable bonds is 8. The number of carbonyl (C=O) groups is 3. The number of alkyl carbamates (subject to hydrolysis) is 1. The SMILES string of the molecule is CC[C@H](NC(=O)OCC1c2ccccc2-c2ccccc21)C(=O)NC(C)C(C)C(=O)O. The van der Waals surface area contributed by atoms with Gasteiger partial charge in [-0.05, 0) is 42.5 Å². The fourth-order valence-corrected chi connectivity index (χ4v) is 3.80. The summed E-state index contributed by atoms with van der Waals surface area (Å²) in [6.45, 7) is 5.06. The summed E-state index contributed by atoms with van der Waals surface area (Å²) in [5, 5.41) is 14.3. The molecule has 0 spiro atoms. The highest BCUT2D eigenvalue weighted by atomic mass is 16.5. The minimum absolute atomic E-state index is 0.0662. The summed E-state index contributed by atoms with van der Waals surface area (Å²) < 4.78 is 5.49.